The molecule has 0 fully saturated rings. The Labute approximate surface area is 97.0 Å². The highest BCUT2D eigenvalue weighted by atomic mass is 16.4. The second kappa shape index (κ2) is 5.85. The number of aromatic nitrogens is 2. The number of H-pyrrole nitrogens is 1. The number of aromatic amines is 1. The second-order valence-electron chi connectivity index (χ2n) is 3.42. The first-order chi connectivity index (χ1) is 8.04. The maximum absolute atomic E-state index is 11.3. The van der Waals surface area contributed by atoms with Gasteiger partial charge in [-0.25, -0.2) is 9.59 Å². The minimum absolute atomic E-state index is 0.228. The van der Waals surface area contributed by atoms with Crippen molar-refractivity contribution in [3.05, 3.63) is 17.5 Å². The normalized spacial score (nSPS) is 11.9. The number of carbonyl (C=O) groups is 2. The van der Waals surface area contributed by atoms with Crippen molar-refractivity contribution in [1.82, 2.24) is 20.8 Å². The number of hydrogen-bond acceptors (Lipinski definition) is 4. The SMILES string of the molecule is Cc1[nH]ncc1CNC(=O)NC(CO)C(=O)O. The van der Waals surface area contributed by atoms with Gasteiger partial charge in [0.05, 0.1) is 12.8 Å². The van der Waals surface area contributed by atoms with E-state index in [1.165, 1.54) is 0 Å². The number of carboxylic acids is 1. The van der Waals surface area contributed by atoms with Crippen LogP contribution >= 0.6 is 0 Å². The van der Waals surface area contributed by atoms with Crippen molar-refractivity contribution < 1.29 is 19.8 Å². The van der Waals surface area contributed by atoms with Gasteiger partial charge in [0, 0.05) is 17.8 Å². The van der Waals surface area contributed by atoms with E-state index in [1.807, 2.05) is 0 Å². The number of amides is 2. The summed E-state index contributed by atoms with van der Waals surface area (Å²) in [5.74, 6) is -1.29. The smallest absolute Gasteiger partial charge is 0.328 e. The molecule has 0 bridgehead atoms. The molecule has 0 saturated heterocycles. The first-order valence-electron chi connectivity index (χ1n) is 4.91. The van der Waals surface area contributed by atoms with Crippen LogP contribution in [0.2, 0.25) is 0 Å². The lowest BCUT2D eigenvalue weighted by atomic mass is 10.2. The van der Waals surface area contributed by atoms with Gasteiger partial charge < -0.3 is 20.8 Å². The van der Waals surface area contributed by atoms with Gasteiger partial charge in [-0.15, -0.1) is 0 Å². The number of aliphatic hydroxyl groups excluding tert-OH is 1. The van der Waals surface area contributed by atoms with E-state index >= 15 is 0 Å². The molecule has 94 valence electrons. The third-order valence-corrected chi connectivity index (χ3v) is 2.16. The van der Waals surface area contributed by atoms with Crippen LogP contribution in [0.25, 0.3) is 0 Å². The second-order valence-corrected chi connectivity index (χ2v) is 3.42. The average Bonchev–Trinajstić information content (AvgIpc) is 2.68. The highest BCUT2D eigenvalue weighted by molar-refractivity contribution is 5.82. The molecule has 1 unspecified atom stereocenters. The van der Waals surface area contributed by atoms with Crippen LogP contribution in [0.15, 0.2) is 6.20 Å². The highest BCUT2D eigenvalue weighted by Crippen LogP contribution is 2.00. The number of aryl methyl sites for hydroxylation is 1. The molecule has 1 rings (SSSR count). The Bertz CT molecular complexity index is 403. The molecule has 0 aliphatic heterocycles. The third-order valence-electron chi connectivity index (χ3n) is 2.16. The van der Waals surface area contributed by atoms with Crippen molar-refractivity contribution in [3.63, 3.8) is 0 Å². The van der Waals surface area contributed by atoms with Crippen molar-refractivity contribution in [3.8, 4) is 0 Å². The van der Waals surface area contributed by atoms with E-state index in [-0.39, 0.29) is 6.54 Å². The Morgan fingerprint density at radius 1 is 1.59 bits per heavy atom. The van der Waals surface area contributed by atoms with Gasteiger partial charge in [0.25, 0.3) is 0 Å². The van der Waals surface area contributed by atoms with Crippen LogP contribution in [0.1, 0.15) is 11.3 Å². The van der Waals surface area contributed by atoms with E-state index in [1.54, 1.807) is 13.1 Å². The van der Waals surface area contributed by atoms with E-state index in [4.69, 9.17) is 10.2 Å². The van der Waals surface area contributed by atoms with Crippen LogP contribution in [0.4, 0.5) is 4.79 Å². The van der Waals surface area contributed by atoms with Crippen molar-refractivity contribution in [1.29, 1.82) is 0 Å². The number of nitrogens with one attached hydrogen (secondary N) is 3. The molecule has 5 N–H and O–H groups in total. The van der Waals surface area contributed by atoms with Gasteiger partial charge in [-0.05, 0) is 6.92 Å². The van der Waals surface area contributed by atoms with Crippen LogP contribution in [0.3, 0.4) is 0 Å². The molecule has 0 aliphatic rings. The molecule has 17 heavy (non-hydrogen) atoms. The van der Waals surface area contributed by atoms with Gasteiger partial charge in [-0.3, -0.25) is 5.10 Å². The number of rotatable bonds is 5. The molecule has 0 spiro atoms. The minimum Gasteiger partial charge on any atom is -0.480 e. The molecular formula is C9H14N4O4. The van der Waals surface area contributed by atoms with Crippen molar-refractivity contribution in [2.75, 3.05) is 6.61 Å². The summed E-state index contributed by atoms with van der Waals surface area (Å²) >= 11 is 0. The molecule has 0 aromatic carbocycles. The van der Waals surface area contributed by atoms with Gasteiger partial charge in [0.1, 0.15) is 0 Å². The zero-order chi connectivity index (χ0) is 12.8. The Hall–Kier alpha value is -2.09. The molecule has 0 radical (unpaired) electrons. The van der Waals surface area contributed by atoms with Gasteiger partial charge in [-0.2, -0.15) is 5.10 Å². The molecule has 1 aromatic rings. The Morgan fingerprint density at radius 2 is 2.29 bits per heavy atom. The topological polar surface area (TPSA) is 127 Å². The lowest BCUT2D eigenvalue weighted by Crippen LogP contribution is -2.47. The average molecular weight is 242 g/mol. The van der Waals surface area contributed by atoms with Crippen LogP contribution < -0.4 is 10.6 Å². The number of aliphatic hydroxyl groups is 1. The molecule has 8 nitrogen and oxygen atoms in total. The Balaban J connectivity index is 2.40. The van der Waals surface area contributed by atoms with E-state index in [0.717, 1.165) is 11.3 Å². The summed E-state index contributed by atoms with van der Waals surface area (Å²) in [5.41, 5.74) is 1.62. The van der Waals surface area contributed by atoms with Gasteiger partial charge in [-0.1, -0.05) is 0 Å². The van der Waals surface area contributed by atoms with E-state index in [2.05, 4.69) is 20.8 Å². The largest absolute Gasteiger partial charge is 0.480 e. The molecule has 1 atom stereocenters. The fraction of sp³-hybridized carbons (Fsp3) is 0.444. The van der Waals surface area contributed by atoms with Crippen molar-refractivity contribution >= 4 is 12.0 Å². The summed E-state index contributed by atoms with van der Waals surface area (Å²) in [6.07, 6.45) is 1.57. The number of nitrogens with zero attached hydrogens (tertiary/aromatic N) is 1. The van der Waals surface area contributed by atoms with Gasteiger partial charge in [0.2, 0.25) is 0 Å². The first kappa shape index (κ1) is 13.0. The Morgan fingerprint density at radius 3 is 2.76 bits per heavy atom. The number of aliphatic carboxylic acids is 1. The predicted molar refractivity (Wildman–Crippen MR) is 57.2 cm³/mol. The maximum Gasteiger partial charge on any atom is 0.328 e. The van der Waals surface area contributed by atoms with E-state index in [9.17, 15) is 9.59 Å². The molecular weight excluding hydrogens is 228 g/mol. The molecule has 1 heterocycles. The number of carbonyl (C=O) groups excluding carboxylic acids is 1. The van der Waals surface area contributed by atoms with Gasteiger partial charge in [0.15, 0.2) is 6.04 Å². The standard InChI is InChI=1S/C9H14N4O4/c1-5-6(3-11-13-5)2-10-9(17)12-7(4-14)8(15)16/h3,7,14H,2,4H2,1H3,(H,11,13)(H,15,16)(H2,10,12,17). The summed E-state index contributed by atoms with van der Waals surface area (Å²) < 4.78 is 0. The monoisotopic (exact) mass is 242 g/mol. The van der Waals surface area contributed by atoms with Crippen LogP contribution in [-0.4, -0.2) is 45.1 Å². The molecule has 1 aromatic heterocycles. The lowest BCUT2D eigenvalue weighted by molar-refractivity contribution is -0.140. The summed E-state index contributed by atoms with van der Waals surface area (Å²) in [5, 5.41) is 28.4. The quantitative estimate of drug-likeness (QED) is 0.451. The number of carboxylic acid groups (broad SMARTS) is 1. The van der Waals surface area contributed by atoms with Crippen molar-refractivity contribution in [2.24, 2.45) is 0 Å². The zero-order valence-electron chi connectivity index (χ0n) is 9.23. The molecule has 8 heteroatoms. The van der Waals surface area contributed by atoms with Crippen LogP contribution in [0, 0.1) is 6.92 Å². The predicted octanol–water partition coefficient (Wildman–Crippen LogP) is -1.04. The molecule has 0 aliphatic carbocycles. The Kier molecular flexibility index (Phi) is 4.46. The lowest BCUT2D eigenvalue weighted by Gasteiger charge is -2.12. The summed E-state index contributed by atoms with van der Waals surface area (Å²) in [4.78, 5) is 21.8. The van der Waals surface area contributed by atoms with E-state index < -0.39 is 24.6 Å². The third kappa shape index (κ3) is 3.76. The van der Waals surface area contributed by atoms with E-state index in [0.29, 0.717) is 0 Å². The summed E-state index contributed by atoms with van der Waals surface area (Å²) in [7, 11) is 0. The molecule has 0 saturated carbocycles. The van der Waals surface area contributed by atoms with Crippen LogP contribution in [-0.2, 0) is 11.3 Å². The summed E-state index contributed by atoms with van der Waals surface area (Å²) in [6.45, 7) is 1.37. The first-order valence-corrected chi connectivity index (χ1v) is 4.91. The maximum atomic E-state index is 11.3. The number of hydrogen-bond donors (Lipinski definition) is 5. The zero-order valence-corrected chi connectivity index (χ0v) is 9.23. The van der Waals surface area contributed by atoms with Crippen LogP contribution in [0.5, 0.6) is 0 Å². The van der Waals surface area contributed by atoms with Crippen molar-refractivity contribution in [2.45, 2.75) is 19.5 Å². The fourth-order valence-electron chi connectivity index (χ4n) is 1.12. The number of urea groups is 1. The highest BCUT2D eigenvalue weighted by Gasteiger charge is 2.18. The minimum atomic E-state index is -1.31. The molecule has 2 amide bonds. The fourth-order valence-corrected chi connectivity index (χ4v) is 1.12. The van der Waals surface area contributed by atoms with Gasteiger partial charge >= 0.3 is 12.0 Å². The summed E-state index contributed by atoms with van der Waals surface area (Å²) in [6, 6.07) is -1.97.